The summed E-state index contributed by atoms with van der Waals surface area (Å²) in [5, 5.41) is 2.90. The van der Waals surface area contributed by atoms with Gasteiger partial charge in [-0.2, -0.15) is 0 Å². The van der Waals surface area contributed by atoms with Crippen molar-refractivity contribution in [3.05, 3.63) is 59.2 Å². The minimum atomic E-state index is -0.237. The lowest BCUT2D eigenvalue weighted by atomic mass is 10.1. The summed E-state index contributed by atoms with van der Waals surface area (Å²) in [6.45, 7) is 2.41. The molecule has 2 aromatic carbocycles. The number of methoxy groups -OCH3 is 3. The highest BCUT2D eigenvalue weighted by Gasteiger charge is 2.20. The van der Waals surface area contributed by atoms with Crippen LogP contribution in [0.4, 0.5) is 0 Å². The first-order valence-electron chi connectivity index (χ1n) is 7.90. The van der Waals surface area contributed by atoms with Crippen molar-refractivity contribution < 1.29 is 19.0 Å². The van der Waals surface area contributed by atoms with Gasteiger partial charge in [0.15, 0.2) is 11.5 Å². The minimum Gasteiger partial charge on any atom is -0.493 e. The molecule has 0 radical (unpaired) electrons. The van der Waals surface area contributed by atoms with Crippen molar-refractivity contribution in [3.8, 4) is 17.2 Å². The fourth-order valence-electron chi connectivity index (χ4n) is 2.48. The third-order valence-electron chi connectivity index (χ3n) is 3.69. The third-order valence-corrected chi connectivity index (χ3v) is 3.69. The van der Waals surface area contributed by atoms with E-state index in [0.717, 1.165) is 11.1 Å². The van der Waals surface area contributed by atoms with E-state index < -0.39 is 0 Å². The molecule has 0 aliphatic heterocycles. The Labute approximate surface area is 148 Å². The van der Waals surface area contributed by atoms with Crippen molar-refractivity contribution >= 4 is 12.0 Å². The molecule has 0 heterocycles. The summed E-state index contributed by atoms with van der Waals surface area (Å²) in [6, 6.07) is 13.3. The van der Waals surface area contributed by atoms with Crippen molar-refractivity contribution in [3.63, 3.8) is 0 Å². The number of nitrogens with one attached hydrogen (secondary N) is 1. The molecular weight excluding hydrogens is 318 g/mol. The van der Waals surface area contributed by atoms with E-state index in [0.29, 0.717) is 29.4 Å². The van der Waals surface area contributed by atoms with Gasteiger partial charge in [-0.1, -0.05) is 42.0 Å². The first-order valence-corrected chi connectivity index (χ1v) is 7.90. The van der Waals surface area contributed by atoms with Crippen LogP contribution in [0.15, 0.2) is 48.0 Å². The molecule has 0 spiro atoms. The van der Waals surface area contributed by atoms with Crippen molar-refractivity contribution in [2.45, 2.75) is 6.92 Å². The van der Waals surface area contributed by atoms with Crippen LogP contribution in [0.2, 0.25) is 0 Å². The van der Waals surface area contributed by atoms with E-state index in [1.807, 2.05) is 43.3 Å². The Kier molecular flexibility index (Phi) is 6.46. The summed E-state index contributed by atoms with van der Waals surface area (Å²) in [6.07, 6.45) is 2.03. The summed E-state index contributed by atoms with van der Waals surface area (Å²) in [7, 11) is 4.54. The molecule has 0 fully saturated rings. The molecule has 132 valence electrons. The van der Waals surface area contributed by atoms with Gasteiger partial charge in [-0.3, -0.25) is 4.79 Å². The highest BCUT2D eigenvalue weighted by Crippen LogP contribution is 2.39. The first kappa shape index (κ1) is 18.4. The molecule has 25 heavy (non-hydrogen) atoms. The number of ether oxygens (including phenoxy) is 3. The number of carbonyl (C=O) groups excluding carboxylic acids is 1. The summed E-state index contributed by atoms with van der Waals surface area (Å²) < 4.78 is 15.9. The topological polar surface area (TPSA) is 56.8 Å². The first-order chi connectivity index (χ1) is 12.1. The van der Waals surface area contributed by atoms with E-state index in [4.69, 9.17) is 14.2 Å². The van der Waals surface area contributed by atoms with Gasteiger partial charge in [0.05, 0.1) is 26.9 Å². The summed E-state index contributed by atoms with van der Waals surface area (Å²) >= 11 is 0. The molecule has 0 bridgehead atoms. The molecule has 0 aliphatic rings. The van der Waals surface area contributed by atoms with Crippen molar-refractivity contribution in [1.82, 2.24) is 5.32 Å². The predicted octanol–water partition coefficient (Wildman–Crippen LogP) is 3.55. The van der Waals surface area contributed by atoms with Crippen LogP contribution >= 0.6 is 0 Å². The molecule has 2 aromatic rings. The third kappa shape index (κ3) is 4.53. The lowest BCUT2D eigenvalue weighted by molar-refractivity contribution is 0.0953. The van der Waals surface area contributed by atoms with Crippen molar-refractivity contribution in [1.29, 1.82) is 0 Å². The van der Waals surface area contributed by atoms with Crippen LogP contribution in [0.5, 0.6) is 17.2 Å². The highest BCUT2D eigenvalue weighted by molar-refractivity contribution is 5.98. The zero-order valence-corrected chi connectivity index (χ0v) is 15.0. The molecule has 1 amide bonds. The van der Waals surface area contributed by atoms with E-state index in [9.17, 15) is 4.79 Å². The molecule has 0 atom stereocenters. The van der Waals surface area contributed by atoms with Crippen LogP contribution in [-0.4, -0.2) is 33.8 Å². The minimum absolute atomic E-state index is 0.237. The van der Waals surface area contributed by atoms with Gasteiger partial charge in [0.25, 0.3) is 5.91 Å². The van der Waals surface area contributed by atoms with Crippen LogP contribution in [0.1, 0.15) is 22.8 Å². The molecule has 0 aliphatic carbocycles. The Hall–Kier alpha value is -2.95. The highest BCUT2D eigenvalue weighted by atomic mass is 16.5. The standard InChI is InChI=1S/C20H23NO4/c1-14(12-15-8-6-5-7-9-15)13-21-20(22)16-10-11-17(23-2)19(25-4)18(16)24-3/h5-12H,13H2,1-4H3,(H,21,22)/b14-12+. The number of hydrogen-bond acceptors (Lipinski definition) is 4. The molecule has 2 rings (SSSR count). The monoisotopic (exact) mass is 341 g/mol. The Morgan fingerprint density at radius 1 is 0.960 bits per heavy atom. The van der Waals surface area contributed by atoms with Crippen LogP contribution < -0.4 is 19.5 Å². The number of rotatable bonds is 7. The van der Waals surface area contributed by atoms with Gasteiger partial charge in [0.1, 0.15) is 0 Å². The number of hydrogen-bond donors (Lipinski definition) is 1. The largest absolute Gasteiger partial charge is 0.493 e. The maximum atomic E-state index is 12.5. The Balaban J connectivity index is 2.14. The predicted molar refractivity (Wildman–Crippen MR) is 98.5 cm³/mol. The molecule has 5 heteroatoms. The second kappa shape index (κ2) is 8.78. The SMILES string of the molecule is COc1ccc(C(=O)NC/C(C)=C/c2ccccc2)c(OC)c1OC. The van der Waals surface area contributed by atoms with E-state index in [2.05, 4.69) is 5.32 Å². The smallest absolute Gasteiger partial charge is 0.255 e. The van der Waals surface area contributed by atoms with E-state index >= 15 is 0 Å². The number of carbonyl (C=O) groups is 1. The van der Waals surface area contributed by atoms with E-state index in [-0.39, 0.29) is 5.91 Å². The van der Waals surface area contributed by atoms with Gasteiger partial charge in [0, 0.05) is 6.54 Å². The number of amides is 1. The maximum absolute atomic E-state index is 12.5. The van der Waals surface area contributed by atoms with Gasteiger partial charge >= 0.3 is 0 Å². The molecule has 5 nitrogen and oxygen atoms in total. The lowest BCUT2D eigenvalue weighted by Gasteiger charge is -2.15. The van der Waals surface area contributed by atoms with Crippen LogP contribution in [-0.2, 0) is 0 Å². The van der Waals surface area contributed by atoms with Gasteiger partial charge in [-0.05, 0) is 24.6 Å². The molecular formula is C20H23NO4. The fourth-order valence-corrected chi connectivity index (χ4v) is 2.48. The number of benzene rings is 2. The maximum Gasteiger partial charge on any atom is 0.255 e. The van der Waals surface area contributed by atoms with Gasteiger partial charge in [-0.25, -0.2) is 0 Å². The summed E-state index contributed by atoms with van der Waals surface area (Å²) in [5.41, 5.74) is 2.53. The summed E-state index contributed by atoms with van der Waals surface area (Å²) in [4.78, 5) is 12.5. The molecule has 0 saturated heterocycles. The zero-order chi connectivity index (χ0) is 18.2. The van der Waals surface area contributed by atoms with Crippen LogP contribution in [0.25, 0.3) is 6.08 Å². The normalized spacial score (nSPS) is 11.0. The average molecular weight is 341 g/mol. The van der Waals surface area contributed by atoms with E-state index in [1.54, 1.807) is 12.1 Å². The zero-order valence-electron chi connectivity index (χ0n) is 15.0. The van der Waals surface area contributed by atoms with Gasteiger partial charge in [-0.15, -0.1) is 0 Å². The second-order valence-electron chi connectivity index (χ2n) is 5.47. The van der Waals surface area contributed by atoms with Gasteiger partial charge < -0.3 is 19.5 Å². The average Bonchev–Trinajstić information content (AvgIpc) is 2.65. The second-order valence-corrected chi connectivity index (χ2v) is 5.47. The molecule has 0 aromatic heterocycles. The molecule has 0 unspecified atom stereocenters. The lowest BCUT2D eigenvalue weighted by Crippen LogP contribution is -2.25. The Bertz CT molecular complexity index is 754. The van der Waals surface area contributed by atoms with Crippen molar-refractivity contribution in [2.24, 2.45) is 0 Å². The van der Waals surface area contributed by atoms with Crippen LogP contribution in [0, 0.1) is 0 Å². The Morgan fingerprint density at radius 2 is 1.64 bits per heavy atom. The van der Waals surface area contributed by atoms with E-state index in [1.165, 1.54) is 21.3 Å². The van der Waals surface area contributed by atoms with Crippen molar-refractivity contribution in [2.75, 3.05) is 27.9 Å². The molecule has 1 N–H and O–H groups in total. The van der Waals surface area contributed by atoms with Crippen LogP contribution in [0.3, 0.4) is 0 Å². The molecule has 0 saturated carbocycles. The fraction of sp³-hybridized carbons (Fsp3) is 0.250. The summed E-state index contributed by atoms with van der Waals surface area (Å²) in [5.74, 6) is 1.02. The van der Waals surface area contributed by atoms with Gasteiger partial charge in [0.2, 0.25) is 5.75 Å². The quantitative estimate of drug-likeness (QED) is 0.837. The Morgan fingerprint density at radius 3 is 2.24 bits per heavy atom.